The van der Waals surface area contributed by atoms with Gasteiger partial charge in [-0.25, -0.2) is 0 Å². The Morgan fingerprint density at radius 1 is 1.00 bits per heavy atom. The molecule has 174 valence electrons. The van der Waals surface area contributed by atoms with E-state index in [1.54, 1.807) is 6.07 Å². The Bertz CT molecular complexity index is 911. The fourth-order valence-corrected chi connectivity index (χ4v) is 6.63. The number of nitrogens with zero attached hydrogens (tertiary/aromatic N) is 3. The number of amides is 2. The lowest BCUT2D eigenvalue weighted by molar-refractivity contribution is -0.136. The molecule has 7 heteroatoms. The van der Waals surface area contributed by atoms with E-state index in [-0.39, 0.29) is 36.1 Å². The van der Waals surface area contributed by atoms with Crippen molar-refractivity contribution in [3.63, 3.8) is 0 Å². The Morgan fingerprint density at radius 2 is 1.88 bits per heavy atom. The second-order valence-corrected chi connectivity index (χ2v) is 10.3. The average molecular weight is 441 g/mol. The molecule has 4 aliphatic heterocycles. The van der Waals surface area contributed by atoms with Gasteiger partial charge in [-0.15, -0.1) is 0 Å². The molecule has 5 heterocycles. The molecule has 3 fully saturated rings. The van der Waals surface area contributed by atoms with E-state index >= 15 is 0 Å². The predicted octanol–water partition coefficient (Wildman–Crippen LogP) is 1.95. The number of hydrogen-bond acceptors (Lipinski definition) is 4. The van der Waals surface area contributed by atoms with E-state index in [1.165, 1.54) is 45.2 Å². The zero-order chi connectivity index (χ0) is 22.1. The van der Waals surface area contributed by atoms with Crippen LogP contribution in [0.15, 0.2) is 23.0 Å². The smallest absolute Gasteiger partial charge is 0.250 e. The molecule has 2 unspecified atom stereocenters. The number of likely N-dealkylation sites (tertiary alicyclic amines) is 1. The maximum absolute atomic E-state index is 12.9. The van der Waals surface area contributed by atoms with Crippen molar-refractivity contribution in [2.45, 2.75) is 69.9 Å². The highest BCUT2D eigenvalue weighted by Gasteiger charge is 2.36. The number of carbonyl (C=O) groups is 2. The molecule has 2 amide bonds. The van der Waals surface area contributed by atoms with E-state index in [0.717, 1.165) is 18.7 Å². The second kappa shape index (κ2) is 9.38. The molecular weight excluding hydrogens is 404 g/mol. The highest BCUT2D eigenvalue weighted by Crippen LogP contribution is 2.35. The summed E-state index contributed by atoms with van der Waals surface area (Å²) in [5.41, 5.74) is 1.11. The quantitative estimate of drug-likeness (QED) is 0.760. The minimum atomic E-state index is 0.000356. The van der Waals surface area contributed by atoms with Crippen LogP contribution in [0.5, 0.6) is 0 Å². The summed E-state index contributed by atoms with van der Waals surface area (Å²) in [5.74, 6) is 1.16. The zero-order valence-electron chi connectivity index (χ0n) is 19.0. The molecule has 5 rings (SSSR count). The number of rotatable bonds is 5. The van der Waals surface area contributed by atoms with Crippen molar-refractivity contribution in [3.05, 3.63) is 34.2 Å². The van der Waals surface area contributed by atoms with Crippen molar-refractivity contribution in [1.82, 2.24) is 19.7 Å². The van der Waals surface area contributed by atoms with E-state index in [0.29, 0.717) is 37.5 Å². The van der Waals surface area contributed by atoms with Crippen molar-refractivity contribution in [2.75, 3.05) is 32.7 Å². The highest BCUT2D eigenvalue weighted by molar-refractivity contribution is 5.83. The molecule has 0 radical (unpaired) electrons. The molecule has 1 aromatic rings. The lowest BCUT2D eigenvalue weighted by Gasteiger charge is -2.44. The van der Waals surface area contributed by atoms with E-state index in [1.807, 2.05) is 21.6 Å². The van der Waals surface area contributed by atoms with Gasteiger partial charge in [0.25, 0.3) is 5.56 Å². The van der Waals surface area contributed by atoms with E-state index in [4.69, 9.17) is 0 Å². The Hall–Kier alpha value is -2.15. The number of pyridine rings is 1. The first-order chi connectivity index (χ1) is 15.6. The summed E-state index contributed by atoms with van der Waals surface area (Å²) in [4.78, 5) is 42.1. The minimum absolute atomic E-state index is 0.000356. The van der Waals surface area contributed by atoms with E-state index in [2.05, 4.69) is 10.2 Å². The number of piperidine rings is 3. The fraction of sp³-hybridized carbons (Fsp3) is 0.720. The summed E-state index contributed by atoms with van der Waals surface area (Å²) in [6.07, 6.45) is 7.85. The van der Waals surface area contributed by atoms with Crippen LogP contribution in [-0.4, -0.2) is 64.9 Å². The summed E-state index contributed by atoms with van der Waals surface area (Å²) >= 11 is 0. The molecule has 0 aromatic carbocycles. The third-order valence-corrected chi connectivity index (χ3v) is 8.19. The van der Waals surface area contributed by atoms with Gasteiger partial charge in [0.2, 0.25) is 11.8 Å². The van der Waals surface area contributed by atoms with Gasteiger partial charge in [-0.05, 0) is 63.1 Å². The van der Waals surface area contributed by atoms with Crippen molar-refractivity contribution >= 4 is 11.8 Å². The summed E-state index contributed by atoms with van der Waals surface area (Å²) in [5, 5.41) is 3.13. The standard InChI is InChI=1S/C25H36N4O3/c30-23(26-14-19-5-4-12-27-11-2-1-6-21(19)27)9-10-24(31)28-15-18-13-20(17-28)22-7-3-8-25(32)29(22)16-18/h3,7-8,18-21H,1-2,4-6,9-17H2,(H,26,30)/t18?,19-,20?,21+/m0/s1. The van der Waals surface area contributed by atoms with Gasteiger partial charge in [0.1, 0.15) is 0 Å². The van der Waals surface area contributed by atoms with Crippen molar-refractivity contribution in [2.24, 2.45) is 11.8 Å². The van der Waals surface area contributed by atoms with E-state index < -0.39 is 0 Å². The van der Waals surface area contributed by atoms with Crippen molar-refractivity contribution in [3.8, 4) is 0 Å². The Kier molecular flexibility index (Phi) is 6.35. The largest absolute Gasteiger partial charge is 0.356 e. The van der Waals surface area contributed by atoms with Crippen LogP contribution >= 0.6 is 0 Å². The van der Waals surface area contributed by atoms with Crippen LogP contribution in [-0.2, 0) is 16.1 Å². The number of carbonyl (C=O) groups excluding carboxylic acids is 2. The first kappa shape index (κ1) is 21.7. The predicted molar refractivity (Wildman–Crippen MR) is 122 cm³/mol. The Balaban J connectivity index is 1.10. The maximum atomic E-state index is 12.9. The van der Waals surface area contributed by atoms with Crippen LogP contribution in [0.25, 0.3) is 0 Å². The molecule has 0 spiro atoms. The van der Waals surface area contributed by atoms with E-state index in [9.17, 15) is 14.4 Å². The third kappa shape index (κ3) is 4.49. The van der Waals surface area contributed by atoms with Gasteiger partial charge in [0.05, 0.1) is 0 Å². The lowest BCUT2D eigenvalue weighted by atomic mass is 9.83. The van der Waals surface area contributed by atoms with Crippen LogP contribution in [0.3, 0.4) is 0 Å². The van der Waals surface area contributed by atoms with Crippen LogP contribution in [0, 0.1) is 11.8 Å². The number of fused-ring (bicyclic) bond motifs is 5. The number of hydrogen-bond donors (Lipinski definition) is 1. The van der Waals surface area contributed by atoms with Crippen molar-refractivity contribution in [1.29, 1.82) is 0 Å². The summed E-state index contributed by atoms with van der Waals surface area (Å²) in [6, 6.07) is 6.08. The SMILES string of the molecule is O=C(CCC(=O)N1CC2CC(C1)c1cccc(=O)n1C2)NC[C@@H]1CCCN2CCCC[C@H]12. The van der Waals surface area contributed by atoms with Crippen molar-refractivity contribution < 1.29 is 9.59 Å². The molecule has 7 nitrogen and oxygen atoms in total. The molecule has 3 saturated heterocycles. The molecule has 0 saturated carbocycles. The molecule has 1 N–H and O–H groups in total. The first-order valence-electron chi connectivity index (χ1n) is 12.6. The highest BCUT2D eigenvalue weighted by atomic mass is 16.2. The molecular formula is C25H36N4O3. The lowest BCUT2D eigenvalue weighted by Crippen LogP contribution is -2.51. The van der Waals surface area contributed by atoms with Crippen LogP contribution in [0.4, 0.5) is 0 Å². The van der Waals surface area contributed by atoms with Gasteiger partial charge in [0.15, 0.2) is 0 Å². The zero-order valence-corrected chi connectivity index (χ0v) is 19.0. The summed E-state index contributed by atoms with van der Waals surface area (Å²) in [6.45, 7) is 5.20. The van der Waals surface area contributed by atoms with Gasteiger partial charge in [-0.3, -0.25) is 14.4 Å². The summed E-state index contributed by atoms with van der Waals surface area (Å²) in [7, 11) is 0. The second-order valence-electron chi connectivity index (χ2n) is 10.3. The average Bonchev–Trinajstić information content (AvgIpc) is 2.81. The maximum Gasteiger partial charge on any atom is 0.250 e. The van der Waals surface area contributed by atoms with Gasteiger partial charge >= 0.3 is 0 Å². The Labute approximate surface area is 190 Å². The molecule has 1 aromatic heterocycles. The topological polar surface area (TPSA) is 74.6 Å². The summed E-state index contributed by atoms with van der Waals surface area (Å²) < 4.78 is 1.88. The van der Waals surface area contributed by atoms with Gasteiger partial charge in [0, 0.05) is 62.7 Å². The van der Waals surface area contributed by atoms with Gasteiger partial charge < -0.3 is 19.7 Å². The number of nitrogens with one attached hydrogen (secondary N) is 1. The Morgan fingerprint density at radius 3 is 2.78 bits per heavy atom. The van der Waals surface area contributed by atoms with Gasteiger partial charge in [-0.1, -0.05) is 12.5 Å². The molecule has 32 heavy (non-hydrogen) atoms. The molecule has 2 bridgehead atoms. The minimum Gasteiger partial charge on any atom is -0.356 e. The van der Waals surface area contributed by atoms with Crippen LogP contribution in [0.1, 0.15) is 63.0 Å². The van der Waals surface area contributed by atoms with Crippen LogP contribution in [0.2, 0.25) is 0 Å². The van der Waals surface area contributed by atoms with Crippen LogP contribution < -0.4 is 10.9 Å². The first-order valence-corrected chi connectivity index (χ1v) is 12.6. The normalized spacial score (nSPS) is 29.7. The monoisotopic (exact) mass is 440 g/mol. The van der Waals surface area contributed by atoms with Gasteiger partial charge in [-0.2, -0.15) is 0 Å². The molecule has 4 aliphatic rings. The molecule has 0 aliphatic carbocycles. The molecule has 4 atom stereocenters. The fourth-order valence-electron chi connectivity index (χ4n) is 6.63. The third-order valence-electron chi connectivity index (χ3n) is 8.19. The number of aromatic nitrogens is 1.